The van der Waals surface area contributed by atoms with E-state index in [1.54, 1.807) is 0 Å². The quantitative estimate of drug-likeness (QED) is 0.594. The lowest BCUT2D eigenvalue weighted by molar-refractivity contribution is 0.104. The summed E-state index contributed by atoms with van der Waals surface area (Å²) in [7, 11) is 0. The van der Waals surface area contributed by atoms with Crippen LogP contribution in [0.1, 0.15) is 0 Å². The monoisotopic (exact) mass is 162 g/mol. The number of rotatable bonds is 2. The van der Waals surface area contributed by atoms with Gasteiger partial charge in [-0.1, -0.05) is 0 Å². The number of hydrogen-bond acceptors (Lipinski definition) is 4. The summed E-state index contributed by atoms with van der Waals surface area (Å²) >= 11 is 0. The number of nitrogens with zero attached hydrogens (tertiary/aromatic N) is 2. The van der Waals surface area contributed by atoms with Gasteiger partial charge in [-0.15, -0.1) is 0 Å². The van der Waals surface area contributed by atoms with Crippen molar-refractivity contribution in [1.82, 2.24) is 10.4 Å². The second-order valence-electron chi connectivity index (χ2n) is 1.93. The van der Waals surface area contributed by atoms with Crippen LogP contribution in [-0.4, -0.2) is 23.9 Å². The van der Waals surface area contributed by atoms with Gasteiger partial charge in [0.1, 0.15) is 6.54 Å². The third kappa shape index (κ3) is 2.06. The molecule has 1 aliphatic rings. The lowest BCUT2D eigenvalue weighted by Crippen LogP contribution is -2.48. The molecule has 0 spiro atoms. The number of guanidine groups is 1. The van der Waals surface area contributed by atoms with Crippen molar-refractivity contribution >= 4 is 5.96 Å². The molecule has 3 N–H and O–H groups in total. The summed E-state index contributed by atoms with van der Waals surface area (Å²) in [4.78, 5) is 3.61. The van der Waals surface area contributed by atoms with Gasteiger partial charge in [0, 0.05) is 12.4 Å². The molecule has 1 aliphatic heterocycles. The third-order valence-electron chi connectivity index (χ3n) is 1.11. The van der Waals surface area contributed by atoms with Crippen molar-refractivity contribution in [1.29, 1.82) is 0 Å². The largest absolute Gasteiger partial charge is 0.368 e. The molecule has 0 saturated heterocycles. The van der Waals surface area contributed by atoms with Gasteiger partial charge in [-0.3, -0.25) is 5.01 Å². The molecular formula is C5H8F2N4. The summed E-state index contributed by atoms with van der Waals surface area (Å²) in [6.45, 7) is -0.459. The van der Waals surface area contributed by atoms with Gasteiger partial charge in [-0.05, 0) is 0 Å². The predicted molar refractivity (Wildman–Crippen MR) is 36.6 cm³/mol. The van der Waals surface area contributed by atoms with Crippen LogP contribution in [-0.2, 0) is 0 Å². The highest BCUT2D eigenvalue weighted by Gasteiger charge is 2.13. The summed E-state index contributed by atoms with van der Waals surface area (Å²) in [6, 6.07) is 0. The second kappa shape index (κ2) is 3.18. The molecule has 0 fully saturated rings. The fourth-order valence-corrected chi connectivity index (χ4v) is 0.657. The van der Waals surface area contributed by atoms with Gasteiger partial charge in [0.05, 0.1) is 0 Å². The molecule has 0 amide bonds. The summed E-state index contributed by atoms with van der Waals surface area (Å²) in [5, 5.41) is 1.07. The van der Waals surface area contributed by atoms with Gasteiger partial charge >= 0.3 is 0 Å². The Morgan fingerprint density at radius 2 is 2.45 bits per heavy atom. The SMILES string of the molecule is NC1=NC=CNN1CC(F)F. The van der Waals surface area contributed by atoms with Gasteiger partial charge in [0.25, 0.3) is 6.43 Å². The molecule has 0 aromatic carbocycles. The first-order valence-corrected chi connectivity index (χ1v) is 3.00. The molecule has 1 rings (SSSR count). The first-order valence-electron chi connectivity index (χ1n) is 3.00. The van der Waals surface area contributed by atoms with Gasteiger partial charge < -0.3 is 11.2 Å². The maximum Gasteiger partial charge on any atom is 0.257 e. The van der Waals surface area contributed by atoms with Crippen LogP contribution in [0.5, 0.6) is 0 Å². The molecule has 1 heterocycles. The van der Waals surface area contributed by atoms with Gasteiger partial charge in [-0.25, -0.2) is 13.8 Å². The first-order chi connectivity index (χ1) is 5.20. The molecule has 6 heteroatoms. The van der Waals surface area contributed by atoms with Crippen LogP contribution in [0.4, 0.5) is 8.78 Å². The van der Waals surface area contributed by atoms with Crippen LogP contribution in [0.2, 0.25) is 0 Å². The number of halogens is 2. The minimum atomic E-state index is -2.43. The van der Waals surface area contributed by atoms with Crippen molar-refractivity contribution < 1.29 is 8.78 Å². The Morgan fingerprint density at radius 1 is 1.73 bits per heavy atom. The van der Waals surface area contributed by atoms with E-state index in [2.05, 4.69) is 10.4 Å². The molecule has 62 valence electrons. The number of hydrazine groups is 1. The molecule has 0 unspecified atom stereocenters. The average Bonchev–Trinajstić information content (AvgIpc) is 1.93. The zero-order valence-electron chi connectivity index (χ0n) is 5.67. The minimum Gasteiger partial charge on any atom is -0.368 e. The van der Waals surface area contributed by atoms with Crippen molar-refractivity contribution in [2.45, 2.75) is 6.43 Å². The maximum absolute atomic E-state index is 11.8. The van der Waals surface area contributed by atoms with E-state index in [1.165, 1.54) is 12.4 Å². The van der Waals surface area contributed by atoms with Crippen LogP contribution in [0.15, 0.2) is 17.4 Å². The topological polar surface area (TPSA) is 53.6 Å². The maximum atomic E-state index is 11.8. The number of nitrogens with two attached hydrogens (primary N) is 1. The van der Waals surface area contributed by atoms with E-state index in [-0.39, 0.29) is 5.96 Å². The number of aliphatic imine (C=N–C) groups is 1. The lowest BCUT2D eigenvalue weighted by Gasteiger charge is -2.24. The smallest absolute Gasteiger partial charge is 0.257 e. The zero-order valence-corrected chi connectivity index (χ0v) is 5.67. The van der Waals surface area contributed by atoms with Crippen molar-refractivity contribution in [3.8, 4) is 0 Å². The van der Waals surface area contributed by atoms with Gasteiger partial charge in [-0.2, -0.15) is 0 Å². The Balaban J connectivity index is 2.47. The fourth-order valence-electron chi connectivity index (χ4n) is 0.657. The van der Waals surface area contributed by atoms with Crippen molar-refractivity contribution in [2.24, 2.45) is 10.7 Å². The van der Waals surface area contributed by atoms with E-state index < -0.39 is 13.0 Å². The Morgan fingerprint density at radius 3 is 3.00 bits per heavy atom. The second-order valence-corrected chi connectivity index (χ2v) is 1.93. The zero-order chi connectivity index (χ0) is 8.27. The average molecular weight is 162 g/mol. The van der Waals surface area contributed by atoms with E-state index in [9.17, 15) is 8.78 Å². The first kappa shape index (κ1) is 7.77. The Kier molecular flexibility index (Phi) is 2.25. The lowest BCUT2D eigenvalue weighted by atomic mass is 10.6. The molecule has 11 heavy (non-hydrogen) atoms. The van der Waals surface area contributed by atoms with Crippen LogP contribution in [0.3, 0.4) is 0 Å². The molecule has 0 radical (unpaired) electrons. The van der Waals surface area contributed by atoms with Gasteiger partial charge in [0.2, 0.25) is 5.96 Å². The number of nitrogens with one attached hydrogen (secondary N) is 1. The molecule has 4 nitrogen and oxygen atoms in total. The highest BCUT2D eigenvalue weighted by molar-refractivity contribution is 5.78. The standard InChI is InChI=1S/C5H8F2N4/c6-4(7)3-11-5(8)9-1-2-10-11/h1-2,4,10H,3H2,(H2,8,9). The van der Waals surface area contributed by atoms with Crippen LogP contribution in [0.25, 0.3) is 0 Å². The molecule has 0 saturated carbocycles. The molecule has 0 atom stereocenters. The van der Waals surface area contributed by atoms with Crippen molar-refractivity contribution in [2.75, 3.05) is 6.54 Å². The Bertz CT molecular complexity index is 189. The molecular weight excluding hydrogens is 154 g/mol. The summed E-state index contributed by atoms with van der Waals surface area (Å²) < 4.78 is 23.6. The predicted octanol–water partition coefficient (Wildman–Crippen LogP) is -0.142. The van der Waals surface area contributed by atoms with E-state index in [0.717, 1.165) is 5.01 Å². The number of alkyl halides is 2. The van der Waals surface area contributed by atoms with Crippen LogP contribution in [0, 0.1) is 0 Å². The van der Waals surface area contributed by atoms with Crippen molar-refractivity contribution in [3.05, 3.63) is 12.4 Å². The number of hydrogen-bond donors (Lipinski definition) is 2. The van der Waals surface area contributed by atoms with Crippen LogP contribution >= 0.6 is 0 Å². The Hall–Kier alpha value is -1.33. The Labute approximate surface area is 62.3 Å². The van der Waals surface area contributed by atoms with E-state index in [1.807, 2.05) is 0 Å². The molecule has 0 bridgehead atoms. The summed E-state index contributed by atoms with van der Waals surface area (Å²) in [5.74, 6) is 0.0489. The minimum absolute atomic E-state index is 0.0489. The normalized spacial score (nSPS) is 16.6. The highest BCUT2D eigenvalue weighted by atomic mass is 19.3. The van der Waals surface area contributed by atoms with Crippen LogP contribution < -0.4 is 11.2 Å². The van der Waals surface area contributed by atoms with E-state index in [0.29, 0.717) is 0 Å². The highest BCUT2D eigenvalue weighted by Crippen LogP contribution is 1.97. The molecule has 0 aromatic rings. The molecule has 0 aliphatic carbocycles. The fraction of sp³-hybridized carbons (Fsp3) is 0.400. The van der Waals surface area contributed by atoms with E-state index >= 15 is 0 Å². The van der Waals surface area contributed by atoms with E-state index in [4.69, 9.17) is 5.73 Å². The molecule has 0 aromatic heterocycles. The van der Waals surface area contributed by atoms with Crippen molar-refractivity contribution in [3.63, 3.8) is 0 Å². The summed E-state index contributed by atoms with van der Waals surface area (Å²) in [6.07, 6.45) is 0.401. The summed E-state index contributed by atoms with van der Waals surface area (Å²) in [5.41, 5.74) is 7.77. The third-order valence-corrected chi connectivity index (χ3v) is 1.11. The van der Waals surface area contributed by atoms with Gasteiger partial charge in [0.15, 0.2) is 0 Å².